The normalized spacial score (nSPS) is 16.1. The average Bonchev–Trinajstić information content (AvgIpc) is 3.19. The first kappa shape index (κ1) is 17.6. The zero-order valence-corrected chi connectivity index (χ0v) is 14.9. The highest BCUT2D eigenvalue weighted by Crippen LogP contribution is 2.18. The number of aromatic nitrogens is 4. The van der Waals surface area contributed by atoms with Gasteiger partial charge in [0.05, 0.1) is 23.8 Å². The highest BCUT2D eigenvalue weighted by atomic mass is 16.5. The highest BCUT2D eigenvalue weighted by molar-refractivity contribution is 5.79. The average molecular weight is 376 g/mol. The van der Waals surface area contributed by atoms with Crippen molar-refractivity contribution >= 4 is 16.8 Å². The van der Waals surface area contributed by atoms with E-state index in [0.717, 1.165) is 0 Å². The van der Waals surface area contributed by atoms with Crippen LogP contribution in [0.25, 0.3) is 10.9 Å². The van der Waals surface area contributed by atoms with E-state index in [1.807, 2.05) is 12.1 Å². The molecule has 0 N–H and O–H groups in total. The van der Waals surface area contributed by atoms with Crippen LogP contribution in [0.5, 0.6) is 5.88 Å². The Morgan fingerprint density at radius 1 is 1.25 bits per heavy atom. The SMILES string of the molecule is N#Cc1nccnc1O[C@H]1CCN(C(=O)Cn2cnc3ccccc3c2=O)C1. The first-order valence-corrected chi connectivity index (χ1v) is 8.75. The second kappa shape index (κ2) is 7.44. The molecule has 1 amide bonds. The third-order valence-electron chi connectivity index (χ3n) is 4.58. The number of para-hydroxylation sites is 1. The lowest BCUT2D eigenvalue weighted by Gasteiger charge is -2.17. The maximum absolute atomic E-state index is 12.6. The third kappa shape index (κ3) is 3.40. The summed E-state index contributed by atoms with van der Waals surface area (Å²) in [6.45, 7) is 0.773. The molecule has 0 spiro atoms. The molecule has 0 radical (unpaired) electrons. The van der Waals surface area contributed by atoms with Crippen molar-refractivity contribution in [2.24, 2.45) is 0 Å². The topological polar surface area (TPSA) is 114 Å². The van der Waals surface area contributed by atoms with Gasteiger partial charge >= 0.3 is 0 Å². The molecule has 0 saturated carbocycles. The van der Waals surface area contributed by atoms with Crippen molar-refractivity contribution in [3.63, 3.8) is 0 Å². The van der Waals surface area contributed by atoms with Gasteiger partial charge in [0.15, 0.2) is 0 Å². The molecule has 1 saturated heterocycles. The van der Waals surface area contributed by atoms with Gasteiger partial charge in [-0.1, -0.05) is 12.1 Å². The van der Waals surface area contributed by atoms with Crippen LogP contribution in [-0.2, 0) is 11.3 Å². The third-order valence-corrected chi connectivity index (χ3v) is 4.58. The van der Waals surface area contributed by atoms with Crippen molar-refractivity contribution in [1.82, 2.24) is 24.4 Å². The molecule has 3 heterocycles. The Balaban J connectivity index is 1.43. The lowest BCUT2D eigenvalue weighted by atomic mass is 10.2. The summed E-state index contributed by atoms with van der Waals surface area (Å²) in [6.07, 6.45) is 4.60. The Hall–Kier alpha value is -3.80. The lowest BCUT2D eigenvalue weighted by Crippen LogP contribution is -2.36. The molecule has 0 bridgehead atoms. The Bertz CT molecular complexity index is 1140. The number of carbonyl (C=O) groups is 1. The van der Waals surface area contributed by atoms with Crippen molar-refractivity contribution in [2.45, 2.75) is 19.1 Å². The Labute approximate surface area is 159 Å². The minimum Gasteiger partial charge on any atom is -0.470 e. The summed E-state index contributed by atoms with van der Waals surface area (Å²) < 4.78 is 7.05. The first-order chi connectivity index (χ1) is 13.7. The molecule has 1 atom stereocenters. The number of ether oxygens (including phenoxy) is 1. The van der Waals surface area contributed by atoms with E-state index in [2.05, 4.69) is 15.0 Å². The molecule has 1 aromatic carbocycles. The van der Waals surface area contributed by atoms with E-state index >= 15 is 0 Å². The second-order valence-electron chi connectivity index (χ2n) is 6.38. The number of carbonyl (C=O) groups excluding carboxylic acids is 1. The predicted molar refractivity (Wildman–Crippen MR) is 98.4 cm³/mol. The molecule has 9 heteroatoms. The van der Waals surface area contributed by atoms with Gasteiger partial charge in [-0.15, -0.1) is 0 Å². The maximum atomic E-state index is 12.6. The first-order valence-electron chi connectivity index (χ1n) is 8.75. The van der Waals surface area contributed by atoms with Gasteiger partial charge in [-0.3, -0.25) is 14.2 Å². The van der Waals surface area contributed by atoms with Crippen LogP contribution in [0.3, 0.4) is 0 Å². The van der Waals surface area contributed by atoms with Crippen molar-refractivity contribution in [1.29, 1.82) is 5.26 Å². The summed E-state index contributed by atoms with van der Waals surface area (Å²) in [7, 11) is 0. The van der Waals surface area contributed by atoms with Gasteiger partial charge in [-0.2, -0.15) is 5.26 Å². The van der Waals surface area contributed by atoms with E-state index in [4.69, 9.17) is 10.00 Å². The fraction of sp³-hybridized carbons (Fsp3) is 0.263. The van der Waals surface area contributed by atoms with Crippen LogP contribution < -0.4 is 10.3 Å². The Kier molecular flexibility index (Phi) is 4.68. The molecule has 1 aliphatic rings. The lowest BCUT2D eigenvalue weighted by molar-refractivity contribution is -0.131. The number of likely N-dealkylation sites (tertiary alicyclic amines) is 1. The number of fused-ring (bicyclic) bond motifs is 1. The predicted octanol–water partition coefficient (Wildman–Crippen LogP) is 0.738. The zero-order valence-electron chi connectivity index (χ0n) is 14.9. The van der Waals surface area contributed by atoms with Crippen molar-refractivity contribution < 1.29 is 9.53 Å². The molecule has 140 valence electrons. The van der Waals surface area contributed by atoms with E-state index in [-0.39, 0.29) is 35.7 Å². The Morgan fingerprint density at radius 2 is 2.07 bits per heavy atom. The minimum atomic E-state index is -0.279. The molecule has 3 aromatic rings. The highest BCUT2D eigenvalue weighted by Gasteiger charge is 2.29. The van der Waals surface area contributed by atoms with Gasteiger partial charge in [0.2, 0.25) is 11.6 Å². The number of rotatable bonds is 4. The van der Waals surface area contributed by atoms with Crippen molar-refractivity contribution in [3.8, 4) is 11.9 Å². The van der Waals surface area contributed by atoms with Crippen LogP contribution in [0.15, 0.2) is 47.8 Å². The van der Waals surface area contributed by atoms with E-state index in [1.165, 1.54) is 23.3 Å². The van der Waals surface area contributed by atoms with Crippen molar-refractivity contribution in [3.05, 3.63) is 59.0 Å². The number of hydrogen-bond donors (Lipinski definition) is 0. The van der Waals surface area contributed by atoms with Gasteiger partial charge in [-0.25, -0.2) is 15.0 Å². The Morgan fingerprint density at radius 3 is 2.93 bits per heavy atom. The second-order valence-corrected chi connectivity index (χ2v) is 6.38. The summed E-state index contributed by atoms with van der Waals surface area (Å²) in [5.41, 5.74) is 0.466. The van der Waals surface area contributed by atoms with Gasteiger partial charge in [-0.05, 0) is 12.1 Å². The molecule has 1 fully saturated rings. The van der Waals surface area contributed by atoms with Crippen LogP contribution in [0, 0.1) is 11.3 Å². The van der Waals surface area contributed by atoms with Crippen LogP contribution in [0.1, 0.15) is 12.1 Å². The quantitative estimate of drug-likeness (QED) is 0.660. The molecule has 28 heavy (non-hydrogen) atoms. The molecular weight excluding hydrogens is 360 g/mol. The number of amides is 1. The number of benzene rings is 1. The van der Waals surface area contributed by atoms with E-state index in [0.29, 0.717) is 30.4 Å². The van der Waals surface area contributed by atoms with Crippen LogP contribution >= 0.6 is 0 Å². The number of nitrogens with zero attached hydrogens (tertiary/aromatic N) is 6. The summed E-state index contributed by atoms with van der Waals surface area (Å²) in [5.74, 6) is -0.0239. The van der Waals surface area contributed by atoms with Gasteiger partial charge in [0.1, 0.15) is 18.7 Å². The van der Waals surface area contributed by atoms with E-state index in [9.17, 15) is 9.59 Å². The molecule has 9 nitrogen and oxygen atoms in total. The summed E-state index contributed by atoms with van der Waals surface area (Å²) in [5, 5.41) is 9.54. The molecule has 4 rings (SSSR count). The van der Waals surface area contributed by atoms with E-state index < -0.39 is 0 Å². The minimum absolute atomic E-state index is 0.0853. The number of nitriles is 1. The van der Waals surface area contributed by atoms with Gasteiger partial charge in [0, 0.05) is 25.4 Å². The standard InChI is InChI=1S/C19H16N6O3/c20-9-16-18(22-7-6-21-16)28-13-5-8-24(10-13)17(26)11-25-12-23-15-4-2-1-3-14(15)19(25)27/h1-4,6-7,12-13H,5,8,10-11H2/t13-/m0/s1. The number of hydrogen-bond acceptors (Lipinski definition) is 7. The molecule has 0 aliphatic carbocycles. The molecule has 1 aliphatic heterocycles. The molecule has 2 aromatic heterocycles. The van der Waals surface area contributed by atoms with Crippen LogP contribution in [-0.4, -0.2) is 49.5 Å². The van der Waals surface area contributed by atoms with Crippen LogP contribution in [0.4, 0.5) is 0 Å². The summed E-state index contributed by atoms with van der Waals surface area (Å²) >= 11 is 0. The van der Waals surface area contributed by atoms with Crippen molar-refractivity contribution in [2.75, 3.05) is 13.1 Å². The monoisotopic (exact) mass is 376 g/mol. The fourth-order valence-electron chi connectivity index (χ4n) is 3.16. The van der Waals surface area contributed by atoms with E-state index in [1.54, 1.807) is 23.1 Å². The largest absolute Gasteiger partial charge is 0.470 e. The fourth-order valence-corrected chi connectivity index (χ4v) is 3.16. The summed E-state index contributed by atoms with van der Waals surface area (Å²) in [6, 6.07) is 8.96. The van der Waals surface area contributed by atoms with Gasteiger partial charge in [0.25, 0.3) is 11.4 Å². The molecule has 0 unspecified atom stereocenters. The zero-order chi connectivity index (χ0) is 19.5. The maximum Gasteiger partial charge on any atom is 0.261 e. The van der Waals surface area contributed by atoms with Crippen LogP contribution in [0.2, 0.25) is 0 Å². The smallest absolute Gasteiger partial charge is 0.261 e. The van der Waals surface area contributed by atoms with Gasteiger partial charge < -0.3 is 9.64 Å². The summed E-state index contributed by atoms with van der Waals surface area (Å²) in [4.78, 5) is 39.0. The molecular formula is C19H16N6O3.